The molecule has 0 atom stereocenters. The molecule has 154 valence electrons. The van der Waals surface area contributed by atoms with Gasteiger partial charge in [0.25, 0.3) is 11.1 Å². The lowest BCUT2D eigenvalue weighted by Gasteiger charge is -1.99. The molecule has 11 heteroatoms. The highest BCUT2D eigenvalue weighted by Crippen LogP contribution is 2.27. The van der Waals surface area contributed by atoms with E-state index in [1.54, 1.807) is 30.3 Å². The SMILES string of the molecule is O=C(CSc1nnc(-c2cc3ccccc3oc2=O)o1)Nc1nc2ccc(F)cc2s1. The monoisotopic (exact) mass is 454 g/mol. The number of carbonyl (C=O) groups excluding carboxylic acids is 1. The quantitative estimate of drug-likeness (QED) is 0.309. The topological polar surface area (TPSA) is 111 Å². The molecule has 0 aliphatic heterocycles. The number of thiazole rings is 1. The lowest BCUT2D eigenvalue weighted by atomic mass is 10.2. The van der Waals surface area contributed by atoms with Gasteiger partial charge < -0.3 is 14.2 Å². The second kappa shape index (κ2) is 7.93. The van der Waals surface area contributed by atoms with Gasteiger partial charge in [0.1, 0.15) is 17.0 Å². The third-order valence-electron chi connectivity index (χ3n) is 4.20. The first kappa shape index (κ1) is 19.4. The lowest BCUT2D eigenvalue weighted by Crippen LogP contribution is -2.13. The average molecular weight is 454 g/mol. The Morgan fingerprint density at radius 1 is 1.13 bits per heavy atom. The van der Waals surface area contributed by atoms with Crippen LogP contribution in [0.15, 0.2) is 67.4 Å². The maximum absolute atomic E-state index is 13.3. The first-order valence-corrected chi connectivity index (χ1v) is 10.7. The number of amides is 1. The van der Waals surface area contributed by atoms with Crippen LogP contribution in [0.3, 0.4) is 0 Å². The van der Waals surface area contributed by atoms with Crippen molar-refractivity contribution in [1.29, 1.82) is 0 Å². The van der Waals surface area contributed by atoms with Gasteiger partial charge in [-0.3, -0.25) is 4.79 Å². The molecule has 3 aromatic heterocycles. The van der Waals surface area contributed by atoms with Crippen molar-refractivity contribution >= 4 is 55.3 Å². The number of nitrogens with one attached hydrogen (secondary N) is 1. The molecule has 0 saturated carbocycles. The van der Waals surface area contributed by atoms with E-state index in [-0.39, 0.29) is 34.2 Å². The standard InChI is InChI=1S/C20H11FN4O4S2/c21-11-5-6-13-15(8-11)31-19(22-13)23-16(26)9-30-20-25-24-17(29-20)12-7-10-3-1-2-4-14(10)28-18(12)27/h1-8H,9H2,(H,22,23,26). The van der Waals surface area contributed by atoms with E-state index in [9.17, 15) is 14.0 Å². The zero-order chi connectivity index (χ0) is 21.4. The smallest absolute Gasteiger partial charge is 0.349 e. The summed E-state index contributed by atoms with van der Waals surface area (Å²) >= 11 is 2.19. The summed E-state index contributed by atoms with van der Waals surface area (Å²) in [5.74, 6) is -0.708. The van der Waals surface area contributed by atoms with Gasteiger partial charge in [-0.25, -0.2) is 14.2 Å². The van der Waals surface area contributed by atoms with Gasteiger partial charge in [-0.1, -0.05) is 41.3 Å². The van der Waals surface area contributed by atoms with Gasteiger partial charge in [-0.15, -0.1) is 10.2 Å². The molecule has 0 bridgehead atoms. The molecule has 8 nitrogen and oxygen atoms in total. The minimum atomic E-state index is -0.594. The number of para-hydroxylation sites is 1. The molecule has 1 amide bonds. The highest BCUT2D eigenvalue weighted by molar-refractivity contribution is 7.99. The normalized spacial score (nSPS) is 11.3. The zero-order valence-corrected chi connectivity index (χ0v) is 17.1. The molecule has 5 rings (SSSR count). The first-order valence-electron chi connectivity index (χ1n) is 8.91. The summed E-state index contributed by atoms with van der Waals surface area (Å²) in [7, 11) is 0. The van der Waals surface area contributed by atoms with Gasteiger partial charge in [-0.2, -0.15) is 0 Å². The fraction of sp³-hybridized carbons (Fsp3) is 0.0500. The number of halogens is 1. The number of rotatable bonds is 5. The predicted octanol–water partition coefficient (Wildman–Crippen LogP) is 4.32. The number of aromatic nitrogens is 3. The number of thioether (sulfide) groups is 1. The Labute approximate surface area is 181 Å². The van der Waals surface area contributed by atoms with Gasteiger partial charge in [-0.05, 0) is 30.3 Å². The second-order valence-electron chi connectivity index (χ2n) is 6.33. The van der Waals surface area contributed by atoms with E-state index < -0.39 is 5.63 Å². The minimum absolute atomic E-state index is 0.00982. The molecule has 0 fully saturated rings. The Bertz CT molecular complexity index is 1490. The Morgan fingerprint density at radius 2 is 2.00 bits per heavy atom. The molecule has 2 aromatic carbocycles. The molecule has 0 aliphatic carbocycles. The summed E-state index contributed by atoms with van der Waals surface area (Å²) in [5, 5.41) is 11.6. The maximum atomic E-state index is 13.3. The average Bonchev–Trinajstić information content (AvgIpc) is 3.38. The van der Waals surface area contributed by atoms with E-state index >= 15 is 0 Å². The molecule has 0 aliphatic rings. The molecule has 0 spiro atoms. The highest BCUT2D eigenvalue weighted by atomic mass is 32.2. The van der Waals surface area contributed by atoms with E-state index in [2.05, 4.69) is 20.5 Å². The Kier molecular flexibility index (Phi) is 4.96. The fourth-order valence-corrected chi connectivity index (χ4v) is 4.29. The lowest BCUT2D eigenvalue weighted by molar-refractivity contribution is -0.113. The van der Waals surface area contributed by atoms with Crippen LogP contribution in [0.4, 0.5) is 9.52 Å². The summed E-state index contributed by atoms with van der Waals surface area (Å²) in [4.78, 5) is 28.7. The van der Waals surface area contributed by atoms with Gasteiger partial charge in [0.05, 0.1) is 16.0 Å². The minimum Gasteiger partial charge on any atom is -0.422 e. The number of anilines is 1. The summed E-state index contributed by atoms with van der Waals surface area (Å²) in [6, 6.07) is 12.9. The van der Waals surface area contributed by atoms with Crippen molar-refractivity contribution in [3.8, 4) is 11.5 Å². The van der Waals surface area contributed by atoms with Crippen molar-refractivity contribution in [2.75, 3.05) is 11.1 Å². The summed E-state index contributed by atoms with van der Waals surface area (Å²) in [5.41, 5.74) is 0.609. The van der Waals surface area contributed by atoms with Crippen LogP contribution < -0.4 is 10.9 Å². The number of nitrogens with zero attached hydrogens (tertiary/aromatic N) is 3. The maximum Gasteiger partial charge on any atom is 0.349 e. The third kappa shape index (κ3) is 4.05. The van der Waals surface area contributed by atoms with Crippen molar-refractivity contribution in [2.45, 2.75) is 5.22 Å². The summed E-state index contributed by atoms with van der Waals surface area (Å²) in [6.07, 6.45) is 0. The van der Waals surface area contributed by atoms with Crippen molar-refractivity contribution in [3.05, 3.63) is 64.8 Å². The van der Waals surface area contributed by atoms with Crippen LogP contribution in [0.25, 0.3) is 32.6 Å². The van der Waals surface area contributed by atoms with E-state index in [0.717, 1.165) is 17.1 Å². The van der Waals surface area contributed by atoms with Crippen LogP contribution in [-0.2, 0) is 4.79 Å². The van der Waals surface area contributed by atoms with Crippen LogP contribution in [0.5, 0.6) is 0 Å². The fourth-order valence-electron chi connectivity index (χ4n) is 2.82. The van der Waals surface area contributed by atoms with E-state index in [0.29, 0.717) is 20.9 Å². The zero-order valence-electron chi connectivity index (χ0n) is 15.5. The molecule has 5 aromatic rings. The molecule has 1 N–H and O–H groups in total. The van der Waals surface area contributed by atoms with Crippen molar-refractivity contribution in [2.24, 2.45) is 0 Å². The van der Waals surface area contributed by atoms with Crippen LogP contribution in [-0.4, -0.2) is 26.8 Å². The number of carbonyl (C=O) groups is 1. The van der Waals surface area contributed by atoms with Crippen LogP contribution in [0.1, 0.15) is 0 Å². The number of hydrogen-bond acceptors (Lipinski definition) is 9. The summed E-state index contributed by atoms with van der Waals surface area (Å²) < 4.78 is 24.7. The highest BCUT2D eigenvalue weighted by Gasteiger charge is 2.16. The largest absolute Gasteiger partial charge is 0.422 e. The molecule has 0 saturated heterocycles. The van der Waals surface area contributed by atoms with Crippen molar-refractivity contribution < 1.29 is 18.0 Å². The predicted molar refractivity (Wildman–Crippen MR) is 115 cm³/mol. The Hall–Kier alpha value is -3.57. The van der Waals surface area contributed by atoms with Crippen molar-refractivity contribution in [3.63, 3.8) is 0 Å². The van der Waals surface area contributed by atoms with Crippen LogP contribution in [0, 0.1) is 5.82 Å². The molecule has 3 heterocycles. The number of hydrogen-bond donors (Lipinski definition) is 1. The molecule has 0 radical (unpaired) electrons. The number of benzene rings is 2. The third-order valence-corrected chi connectivity index (χ3v) is 5.95. The first-order chi connectivity index (χ1) is 15.0. The Balaban J connectivity index is 1.27. The summed E-state index contributed by atoms with van der Waals surface area (Å²) in [6.45, 7) is 0. The van der Waals surface area contributed by atoms with Gasteiger partial charge in [0, 0.05) is 5.39 Å². The molecule has 31 heavy (non-hydrogen) atoms. The van der Waals surface area contributed by atoms with E-state index in [1.807, 2.05) is 6.07 Å². The van der Waals surface area contributed by atoms with Gasteiger partial charge >= 0.3 is 5.63 Å². The van der Waals surface area contributed by atoms with Crippen LogP contribution >= 0.6 is 23.1 Å². The molecule has 0 unspecified atom stereocenters. The molecular formula is C20H11FN4O4S2. The van der Waals surface area contributed by atoms with E-state index in [4.69, 9.17) is 8.83 Å². The Morgan fingerprint density at radius 3 is 2.90 bits per heavy atom. The van der Waals surface area contributed by atoms with Gasteiger partial charge in [0.15, 0.2) is 5.13 Å². The second-order valence-corrected chi connectivity index (χ2v) is 8.28. The van der Waals surface area contributed by atoms with Crippen LogP contribution in [0.2, 0.25) is 0 Å². The molecular weight excluding hydrogens is 443 g/mol. The van der Waals surface area contributed by atoms with E-state index in [1.165, 1.54) is 23.5 Å². The van der Waals surface area contributed by atoms with Crippen molar-refractivity contribution in [1.82, 2.24) is 15.2 Å². The number of fused-ring (bicyclic) bond motifs is 2. The van der Waals surface area contributed by atoms with Gasteiger partial charge in [0.2, 0.25) is 5.91 Å².